The maximum Gasteiger partial charge on any atom is 0.265 e. The van der Waals surface area contributed by atoms with Crippen LogP contribution in [0, 0.1) is 6.92 Å². The third kappa shape index (κ3) is 5.36. The Morgan fingerprint density at radius 3 is 2.39 bits per heavy atom. The monoisotopic (exact) mass is 473 g/mol. The molecule has 178 valence electrons. The molecule has 0 bridgehead atoms. The van der Waals surface area contributed by atoms with Crippen molar-refractivity contribution in [3.63, 3.8) is 0 Å². The Hall–Kier alpha value is -2.91. The van der Waals surface area contributed by atoms with E-state index >= 15 is 0 Å². The number of fused-ring (bicyclic) bond motifs is 1. The molecule has 8 nitrogen and oxygen atoms in total. The normalized spacial score (nSPS) is 16.1. The molecule has 0 aromatic heterocycles. The molecule has 2 aromatic rings. The number of nitrogens with zero attached hydrogens (tertiary/aromatic N) is 2. The lowest BCUT2D eigenvalue weighted by molar-refractivity contribution is -0.136. The van der Waals surface area contributed by atoms with Gasteiger partial charge in [-0.1, -0.05) is 30.3 Å². The standard InChI is InChI=1S/C24H31N3O5S/c1-16-12-19-20(32-17(2)23(29)25-19)13-21(16)33(30,31)26(6)15-22(28)27(24(3,4)5)14-18-10-8-7-9-11-18/h7-13,17H,14-15H2,1-6H3,(H,25,29). The number of carbonyl (C=O) groups excluding carboxylic acids is 2. The van der Waals surface area contributed by atoms with Crippen molar-refractivity contribution in [1.29, 1.82) is 0 Å². The molecule has 2 amide bonds. The van der Waals surface area contributed by atoms with Gasteiger partial charge in [-0.3, -0.25) is 9.59 Å². The van der Waals surface area contributed by atoms with Crippen molar-refractivity contribution in [3.05, 3.63) is 53.6 Å². The van der Waals surface area contributed by atoms with E-state index in [1.807, 2.05) is 51.1 Å². The zero-order valence-corrected chi connectivity index (χ0v) is 20.7. The molecule has 3 rings (SSSR count). The summed E-state index contributed by atoms with van der Waals surface area (Å²) in [5.41, 5.74) is 1.34. The van der Waals surface area contributed by atoms with Gasteiger partial charge < -0.3 is 15.0 Å². The van der Waals surface area contributed by atoms with Crippen molar-refractivity contribution in [2.45, 2.75) is 57.7 Å². The molecule has 9 heteroatoms. The van der Waals surface area contributed by atoms with Crippen LogP contribution in [0.25, 0.3) is 0 Å². The number of likely N-dealkylation sites (N-methyl/N-ethyl adjacent to an activating group) is 1. The molecule has 2 aromatic carbocycles. The Morgan fingerprint density at radius 1 is 1.15 bits per heavy atom. The SMILES string of the molecule is Cc1cc2c(cc1S(=O)(=O)N(C)CC(=O)N(Cc1ccccc1)C(C)(C)C)OC(C)C(=O)N2. The predicted octanol–water partition coefficient (Wildman–Crippen LogP) is 3.16. The molecule has 0 aliphatic carbocycles. The Balaban J connectivity index is 1.85. The number of nitrogens with one attached hydrogen (secondary N) is 1. The van der Waals surface area contributed by atoms with Crippen LogP contribution in [0.2, 0.25) is 0 Å². The summed E-state index contributed by atoms with van der Waals surface area (Å²) in [4.78, 5) is 26.8. The lowest BCUT2D eigenvalue weighted by Gasteiger charge is -2.37. The van der Waals surface area contributed by atoms with Crippen LogP contribution in [0.1, 0.15) is 38.8 Å². The molecular formula is C24H31N3O5S. The van der Waals surface area contributed by atoms with Gasteiger partial charge in [-0.25, -0.2) is 8.42 Å². The highest BCUT2D eigenvalue weighted by Crippen LogP contribution is 2.35. The summed E-state index contributed by atoms with van der Waals surface area (Å²) in [6.07, 6.45) is -0.728. The highest BCUT2D eigenvalue weighted by Gasteiger charge is 2.33. The summed E-state index contributed by atoms with van der Waals surface area (Å²) < 4.78 is 33.4. The van der Waals surface area contributed by atoms with Crippen molar-refractivity contribution in [2.75, 3.05) is 18.9 Å². The molecule has 0 radical (unpaired) electrons. The lowest BCUT2D eigenvalue weighted by Crippen LogP contribution is -2.49. The maximum absolute atomic E-state index is 13.4. The maximum atomic E-state index is 13.4. The van der Waals surface area contributed by atoms with Crippen LogP contribution in [-0.4, -0.2) is 54.7 Å². The first-order valence-corrected chi connectivity index (χ1v) is 12.2. The van der Waals surface area contributed by atoms with E-state index in [1.165, 1.54) is 13.1 Å². The van der Waals surface area contributed by atoms with Crippen LogP contribution in [0.5, 0.6) is 5.75 Å². The van der Waals surface area contributed by atoms with Gasteiger partial charge in [0, 0.05) is 25.2 Å². The van der Waals surface area contributed by atoms with E-state index in [9.17, 15) is 18.0 Å². The fraction of sp³-hybridized carbons (Fsp3) is 0.417. The van der Waals surface area contributed by atoms with Gasteiger partial charge in [-0.2, -0.15) is 4.31 Å². The van der Waals surface area contributed by atoms with Crippen molar-refractivity contribution in [2.24, 2.45) is 0 Å². The molecule has 0 saturated heterocycles. The molecule has 1 heterocycles. The molecule has 1 N–H and O–H groups in total. The average molecular weight is 474 g/mol. The Labute approximate surface area is 195 Å². The van der Waals surface area contributed by atoms with E-state index in [4.69, 9.17) is 4.74 Å². The zero-order chi connectivity index (χ0) is 24.6. The first-order valence-electron chi connectivity index (χ1n) is 10.7. The summed E-state index contributed by atoms with van der Waals surface area (Å²) in [5, 5.41) is 2.71. The molecular weight excluding hydrogens is 442 g/mol. The number of rotatable bonds is 6. The second-order valence-electron chi connectivity index (χ2n) is 9.26. The van der Waals surface area contributed by atoms with Crippen molar-refractivity contribution in [3.8, 4) is 5.75 Å². The second-order valence-corrected chi connectivity index (χ2v) is 11.3. The molecule has 0 fully saturated rings. The number of aryl methyl sites for hydroxylation is 1. The van der Waals surface area contributed by atoms with Crippen LogP contribution in [0.4, 0.5) is 5.69 Å². The predicted molar refractivity (Wildman–Crippen MR) is 126 cm³/mol. The minimum absolute atomic E-state index is 0.0327. The summed E-state index contributed by atoms with van der Waals surface area (Å²) in [6.45, 7) is 9.06. The van der Waals surface area contributed by atoms with E-state index in [0.717, 1.165) is 9.87 Å². The largest absolute Gasteiger partial charge is 0.479 e. The molecule has 33 heavy (non-hydrogen) atoms. The minimum Gasteiger partial charge on any atom is -0.479 e. The lowest BCUT2D eigenvalue weighted by atomic mass is 10.0. The number of sulfonamides is 1. The smallest absolute Gasteiger partial charge is 0.265 e. The molecule has 1 aliphatic rings. The first-order chi connectivity index (χ1) is 15.3. The number of benzene rings is 2. The van der Waals surface area contributed by atoms with Crippen LogP contribution in [0.15, 0.2) is 47.4 Å². The zero-order valence-electron chi connectivity index (χ0n) is 19.9. The third-order valence-electron chi connectivity index (χ3n) is 5.55. The van der Waals surface area contributed by atoms with Gasteiger partial charge in [0.05, 0.1) is 17.1 Å². The van der Waals surface area contributed by atoms with E-state index in [1.54, 1.807) is 24.8 Å². The minimum atomic E-state index is -3.99. The summed E-state index contributed by atoms with van der Waals surface area (Å²) in [6, 6.07) is 12.6. The highest BCUT2D eigenvalue weighted by molar-refractivity contribution is 7.89. The fourth-order valence-electron chi connectivity index (χ4n) is 3.61. The number of amides is 2. The molecule has 0 saturated carbocycles. The van der Waals surface area contributed by atoms with Crippen molar-refractivity contribution in [1.82, 2.24) is 9.21 Å². The van der Waals surface area contributed by atoms with Gasteiger partial charge in [-0.15, -0.1) is 0 Å². The first kappa shape index (κ1) is 24.7. The van der Waals surface area contributed by atoms with E-state index < -0.39 is 21.7 Å². The van der Waals surface area contributed by atoms with E-state index in [0.29, 0.717) is 17.8 Å². The number of hydrogen-bond donors (Lipinski definition) is 1. The average Bonchev–Trinajstić information content (AvgIpc) is 2.72. The Kier molecular flexibility index (Phi) is 6.85. The van der Waals surface area contributed by atoms with E-state index in [-0.39, 0.29) is 29.0 Å². The number of anilines is 1. The molecule has 1 aliphatic heterocycles. The van der Waals surface area contributed by atoms with Gasteiger partial charge in [-0.05, 0) is 51.8 Å². The molecule has 1 unspecified atom stereocenters. The van der Waals surface area contributed by atoms with Crippen molar-refractivity contribution >= 4 is 27.5 Å². The van der Waals surface area contributed by atoms with Crippen LogP contribution in [-0.2, 0) is 26.2 Å². The number of carbonyl (C=O) groups is 2. The summed E-state index contributed by atoms with van der Waals surface area (Å²) in [5.74, 6) is -0.308. The van der Waals surface area contributed by atoms with Crippen LogP contribution in [0.3, 0.4) is 0 Å². The van der Waals surface area contributed by atoms with E-state index in [2.05, 4.69) is 5.32 Å². The van der Waals surface area contributed by atoms with Gasteiger partial charge in [0.15, 0.2) is 6.10 Å². The van der Waals surface area contributed by atoms with Crippen LogP contribution < -0.4 is 10.1 Å². The number of ether oxygens (including phenoxy) is 1. The summed E-state index contributed by atoms with van der Waals surface area (Å²) >= 11 is 0. The Bertz CT molecular complexity index is 1160. The topological polar surface area (TPSA) is 96.0 Å². The Morgan fingerprint density at radius 2 is 1.79 bits per heavy atom. The van der Waals surface area contributed by atoms with Gasteiger partial charge >= 0.3 is 0 Å². The second kappa shape index (κ2) is 9.15. The van der Waals surface area contributed by atoms with Crippen LogP contribution >= 0.6 is 0 Å². The van der Waals surface area contributed by atoms with Gasteiger partial charge in [0.2, 0.25) is 15.9 Å². The molecule has 0 spiro atoms. The fourth-order valence-corrected chi connectivity index (χ4v) is 4.95. The number of hydrogen-bond acceptors (Lipinski definition) is 5. The van der Waals surface area contributed by atoms with Gasteiger partial charge in [0.1, 0.15) is 5.75 Å². The third-order valence-corrected chi connectivity index (χ3v) is 7.49. The summed E-state index contributed by atoms with van der Waals surface area (Å²) in [7, 11) is -2.60. The van der Waals surface area contributed by atoms with Crippen molar-refractivity contribution < 1.29 is 22.7 Å². The molecule has 1 atom stereocenters. The highest BCUT2D eigenvalue weighted by atomic mass is 32.2. The van der Waals surface area contributed by atoms with Gasteiger partial charge in [0.25, 0.3) is 5.91 Å². The quantitative estimate of drug-likeness (QED) is 0.695.